The lowest BCUT2D eigenvalue weighted by Gasteiger charge is -2.14. The molecule has 0 amide bonds. The van der Waals surface area contributed by atoms with E-state index in [1.54, 1.807) is 0 Å². The Morgan fingerprint density at radius 2 is 1.48 bits per heavy atom. The van der Waals surface area contributed by atoms with Crippen molar-refractivity contribution < 1.29 is 0 Å². The number of para-hydroxylation sites is 1. The van der Waals surface area contributed by atoms with Crippen LogP contribution in [0, 0.1) is 20.8 Å². The van der Waals surface area contributed by atoms with Crippen LogP contribution in [0.2, 0.25) is 0 Å². The maximum Gasteiger partial charge on any atom is 0.0793 e. The van der Waals surface area contributed by atoms with Crippen LogP contribution in [-0.2, 0) is 0 Å². The number of pyridine rings is 1. The molecule has 0 fully saturated rings. The van der Waals surface area contributed by atoms with Gasteiger partial charge in [0.25, 0.3) is 0 Å². The van der Waals surface area contributed by atoms with Crippen LogP contribution >= 0.6 is 0 Å². The number of aryl methyl sites for hydroxylation is 3. The molecule has 0 unspecified atom stereocenters. The van der Waals surface area contributed by atoms with Crippen LogP contribution in [0.5, 0.6) is 0 Å². The molecule has 1 nitrogen and oxygen atoms in total. The van der Waals surface area contributed by atoms with Crippen molar-refractivity contribution in [2.45, 2.75) is 20.8 Å². The topological polar surface area (TPSA) is 12.9 Å². The second-order valence-corrected chi connectivity index (χ2v) is 7.18. The highest BCUT2D eigenvalue weighted by atomic mass is 14.7. The summed E-state index contributed by atoms with van der Waals surface area (Å²) >= 11 is 0. The van der Waals surface area contributed by atoms with E-state index in [4.69, 9.17) is 4.98 Å². The zero-order valence-corrected chi connectivity index (χ0v) is 16.1. The van der Waals surface area contributed by atoms with E-state index in [0.29, 0.717) is 0 Å². The molecule has 0 saturated carbocycles. The number of nitrogens with zero attached hydrogens (tertiary/aromatic N) is 1. The number of fused-ring (bicyclic) bond motifs is 1. The largest absolute Gasteiger partial charge is 0.248 e. The van der Waals surface area contributed by atoms with Gasteiger partial charge in [0, 0.05) is 10.9 Å². The van der Waals surface area contributed by atoms with Crippen molar-refractivity contribution in [2.75, 3.05) is 0 Å². The summed E-state index contributed by atoms with van der Waals surface area (Å²) < 4.78 is 0. The molecule has 1 heteroatoms. The van der Waals surface area contributed by atoms with E-state index in [0.717, 1.165) is 11.2 Å². The van der Waals surface area contributed by atoms with Gasteiger partial charge in [-0.3, -0.25) is 0 Å². The van der Waals surface area contributed by atoms with Crippen molar-refractivity contribution in [1.29, 1.82) is 0 Å². The van der Waals surface area contributed by atoms with Gasteiger partial charge in [-0.05, 0) is 55.2 Å². The van der Waals surface area contributed by atoms with Crippen LogP contribution in [0.4, 0.5) is 0 Å². The van der Waals surface area contributed by atoms with Crippen LogP contribution in [0.25, 0.3) is 39.2 Å². The van der Waals surface area contributed by atoms with E-state index in [-0.39, 0.29) is 0 Å². The fraction of sp³-hybridized carbons (Fsp3) is 0.115. The van der Waals surface area contributed by atoms with Crippen molar-refractivity contribution in [3.63, 3.8) is 0 Å². The molecule has 0 N–H and O–H groups in total. The van der Waals surface area contributed by atoms with Gasteiger partial charge in [0.15, 0.2) is 0 Å². The fourth-order valence-corrected chi connectivity index (χ4v) is 3.59. The number of benzene rings is 3. The number of rotatable bonds is 3. The Morgan fingerprint density at radius 3 is 2.22 bits per heavy atom. The van der Waals surface area contributed by atoms with Crippen molar-refractivity contribution in [3.05, 3.63) is 95.7 Å². The highest BCUT2D eigenvalue weighted by Crippen LogP contribution is 2.36. The van der Waals surface area contributed by atoms with Crippen LogP contribution in [0.15, 0.2) is 73.3 Å². The minimum absolute atomic E-state index is 0.899. The van der Waals surface area contributed by atoms with Gasteiger partial charge in [0.05, 0.1) is 11.2 Å². The van der Waals surface area contributed by atoms with Crippen molar-refractivity contribution in [1.82, 2.24) is 4.98 Å². The molecule has 0 atom stereocenters. The van der Waals surface area contributed by atoms with E-state index < -0.39 is 0 Å². The number of hydrogen-bond donors (Lipinski definition) is 0. The molecule has 0 saturated heterocycles. The molecule has 0 aliphatic carbocycles. The number of hydrogen-bond acceptors (Lipinski definition) is 1. The van der Waals surface area contributed by atoms with Gasteiger partial charge in [-0.1, -0.05) is 78.4 Å². The van der Waals surface area contributed by atoms with Crippen LogP contribution < -0.4 is 0 Å². The average Bonchev–Trinajstić information content (AvgIpc) is 2.69. The van der Waals surface area contributed by atoms with Crippen LogP contribution in [0.3, 0.4) is 0 Å². The molecule has 0 spiro atoms. The third kappa shape index (κ3) is 3.17. The lowest BCUT2D eigenvalue weighted by Crippen LogP contribution is -1.93. The molecular weight excluding hydrogens is 326 g/mol. The summed E-state index contributed by atoms with van der Waals surface area (Å²) in [5, 5.41) is 1.17. The highest BCUT2D eigenvalue weighted by Gasteiger charge is 2.13. The predicted octanol–water partition coefficient (Wildman–Crippen LogP) is 7.14. The quantitative estimate of drug-likeness (QED) is 0.383. The molecular formula is C26H23N. The van der Waals surface area contributed by atoms with Gasteiger partial charge in [-0.25, -0.2) is 4.98 Å². The van der Waals surface area contributed by atoms with E-state index in [1.807, 2.05) is 6.08 Å². The summed E-state index contributed by atoms with van der Waals surface area (Å²) in [5.74, 6) is 0. The Balaban J connectivity index is 2.06. The molecule has 132 valence electrons. The summed E-state index contributed by atoms with van der Waals surface area (Å²) in [7, 11) is 0. The lowest BCUT2D eigenvalue weighted by atomic mass is 9.93. The highest BCUT2D eigenvalue weighted by molar-refractivity contribution is 6.03. The van der Waals surface area contributed by atoms with Gasteiger partial charge in [0.1, 0.15) is 0 Å². The van der Waals surface area contributed by atoms with Crippen LogP contribution in [0.1, 0.15) is 22.4 Å². The van der Waals surface area contributed by atoms with E-state index >= 15 is 0 Å². The van der Waals surface area contributed by atoms with Gasteiger partial charge in [0.2, 0.25) is 0 Å². The zero-order valence-electron chi connectivity index (χ0n) is 16.1. The molecule has 1 aromatic heterocycles. The molecule has 0 radical (unpaired) electrons. The first-order valence-corrected chi connectivity index (χ1v) is 9.27. The summed E-state index contributed by atoms with van der Waals surface area (Å²) in [6.45, 7) is 10.4. The van der Waals surface area contributed by atoms with Crippen molar-refractivity contribution in [3.8, 4) is 22.3 Å². The monoisotopic (exact) mass is 349 g/mol. The maximum absolute atomic E-state index is 4.93. The van der Waals surface area contributed by atoms with E-state index in [9.17, 15) is 0 Å². The summed E-state index contributed by atoms with van der Waals surface area (Å²) in [5.41, 5.74) is 10.5. The van der Waals surface area contributed by atoms with Gasteiger partial charge < -0.3 is 0 Å². The lowest BCUT2D eigenvalue weighted by molar-refractivity contribution is 1.35. The number of aromatic nitrogens is 1. The van der Waals surface area contributed by atoms with Crippen LogP contribution in [-0.4, -0.2) is 4.98 Å². The first kappa shape index (κ1) is 17.2. The smallest absolute Gasteiger partial charge is 0.0793 e. The second-order valence-electron chi connectivity index (χ2n) is 7.18. The normalized spacial score (nSPS) is 10.9. The molecule has 1 heterocycles. The molecule has 3 aromatic carbocycles. The Bertz CT molecular complexity index is 1150. The third-order valence-corrected chi connectivity index (χ3v) is 5.11. The molecule has 4 rings (SSSR count). The SMILES string of the molecule is C=Cc1cc(-c2ccc(C)cc2)c2cccc(-c3cc(C)ccc3C)c2n1. The summed E-state index contributed by atoms with van der Waals surface area (Å²) in [6, 6.07) is 23.9. The standard InChI is InChI=1S/C26H23N/c1-5-21-16-25(20-13-10-17(2)11-14-20)23-8-6-7-22(26(23)27-21)24-15-18(3)9-12-19(24)4/h5-16H,1H2,2-4H3. The van der Waals surface area contributed by atoms with Crippen molar-refractivity contribution >= 4 is 17.0 Å². The minimum Gasteiger partial charge on any atom is -0.248 e. The van der Waals surface area contributed by atoms with Gasteiger partial charge in [-0.15, -0.1) is 0 Å². The Hall–Kier alpha value is -3.19. The Kier molecular flexibility index (Phi) is 4.37. The second kappa shape index (κ2) is 6.85. The molecule has 0 aliphatic rings. The third-order valence-electron chi connectivity index (χ3n) is 5.11. The first-order valence-electron chi connectivity index (χ1n) is 9.27. The molecule has 0 bridgehead atoms. The first-order chi connectivity index (χ1) is 13.1. The Labute approximate surface area is 161 Å². The van der Waals surface area contributed by atoms with E-state index in [2.05, 4.69) is 94.1 Å². The Morgan fingerprint density at radius 1 is 0.741 bits per heavy atom. The summed E-state index contributed by atoms with van der Waals surface area (Å²) in [6.07, 6.45) is 1.83. The molecule has 27 heavy (non-hydrogen) atoms. The summed E-state index contributed by atoms with van der Waals surface area (Å²) in [4.78, 5) is 4.93. The molecule has 0 aliphatic heterocycles. The maximum atomic E-state index is 4.93. The minimum atomic E-state index is 0.899. The fourth-order valence-electron chi connectivity index (χ4n) is 3.59. The van der Waals surface area contributed by atoms with Gasteiger partial charge >= 0.3 is 0 Å². The van der Waals surface area contributed by atoms with E-state index in [1.165, 1.54) is 44.3 Å². The van der Waals surface area contributed by atoms with Gasteiger partial charge in [-0.2, -0.15) is 0 Å². The van der Waals surface area contributed by atoms with Crippen molar-refractivity contribution in [2.24, 2.45) is 0 Å². The zero-order chi connectivity index (χ0) is 19.0. The molecule has 4 aromatic rings. The predicted molar refractivity (Wildman–Crippen MR) is 117 cm³/mol. The average molecular weight is 349 g/mol.